The van der Waals surface area contributed by atoms with Gasteiger partial charge in [0.1, 0.15) is 17.6 Å². The Kier molecular flexibility index (Phi) is 5.75. The summed E-state index contributed by atoms with van der Waals surface area (Å²) in [5, 5.41) is 12.9. The van der Waals surface area contributed by atoms with Crippen LogP contribution in [0.25, 0.3) is 21.3 Å². The van der Waals surface area contributed by atoms with Crippen LogP contribution in [-0.2, 0) is 6.42 Å². The lowest BCUT2D eigenvalue weighted by molar-refractivity contribution is 0.0695. The minimum absolute atomic E-state index is 0.134. The second-order valence-electron chi connectivity index (χ2n) is 9.41. The molecule has 1 saturated carbocycles. The molecule has 0 saturated heterocycles. The van der Waals surface area contributed by atoms with Crippen molar-refractivity contribution in [2.45, 2.75) is 44.1 Å². The summed E-state index contributed by atoms with van der Waals surface area (Å²) in [6.07, 6.45) is 8.85. The molecule has 6 rings (SSSR count). The van der Waals surface area contributed by atoms with E-state index in [1.807, 2.05) is 6.07 Å². The quantitative estimate of drug-likeness (QED) is 0.345. The molecule has 4 aromatic rings. The van der Waals surface area contributed by atoms with Gasteiger partial charge in [-0.05, 0) is 67.3 Å². The lowest BCUT2D eigenvalue weighted by Gasteiger charge is -2.23. The van der Waals surface area contributed by atoms with Gasteiger partial charge in [0.15, 0.2) is 5.75 Å². The van der Waals surface area contributed by atoms with Crippen LogP contribution in [-0.4, -0.2) is 39.0 Å². The summed E-state index contributed by atoms with van der Waals surface area (Å²) < 4.78 is 5.87. The molecular formula is C27H24N4O5S. The largest absolute Gasteiger partial charge is 0.494 e. The summed E-state index contributed by atoms with van der Waals surface area (Å²) in [5.74, 6) is -0.677. The van der Waals surface area contributed by atoms with Gasteiger partial charge in [-0.25, -0.2) is 14.8 Å². The molecule has 0 aliphatic heterocycles. The van der Waals surface area contributed by atoms with Crippen molar-refractivity contribution < 1.29 is 19.4 Å². The molecule has 3 heterocycles. The summed E-state index contributed by atoms with van der Waals surface area (Å²) in [6, 6.07) is 5.42. The van der Waals surface area contributed by atoms with Gasteiger partial charge in [0.25, 0.3) is 5.91 Å². The summed E-state index contributed by atoms with van der Waals surface area (Å²) in [4.78, 5) is 50.5. The highest BCUT2D eigenvalue weighted by Crippen LogP contribution is 2.52. The second kappa shape index (κ2) is 9.11. The van der Waals surface area contributed by atoms with Gasteiger partial charge in [0.05, 0.1) is 24.1 Å². The molecular weight excluding hydrogens is 492 g/mol. The third-order valence-corrected chi connectivity index (χ3v) is 8.32. The normalized spacial score (nSPS) is 16.8. The van der Waals surface area contributed by atoms with Gasteiger partial charge in [-0.15, -0.1) is 11.3 Å². The number of thiophene rings is 1. The molecule has 0 radical (unpaired) electrons. The zero-order chi connectivity index (χ0) is 25.7. The average molecular weight is 517 g/mol. The first-order chi connectivity index (χ1) is 18.0. The van der Waals surface area contributed by atoms with Crippen LogP contribution in [0, 0.1) is 0 Å². The fraction of sp³-hybridized carbons (Fsp3) is 0.296. The van der Waals surface area contributed by atoms with Gasteiger partial charge < -0.3 is 20.1 Å². The summed E-state index contributed by atoms with van der Waals surface area (Å²) in [6.45, 7) is 0. The van der Waals surface area contributed by atoms with E-state index in [1.165, 1.54) is 17.4 Å². The first-order valence-electron chi connectivity index (χ1n) is 12.2. The van der Waals surface area contributed by atoms with Gasteiger partial charge >= 0.3 is 5.97 Å². The van der Waals surface area contributed by atoms with Crippen molar-refractivity contribution in [2.24, 2.45) is 0 Å². The number of nitrogens with zero attached hydrogens (tertiary/aromatic N) is 2. The molecule has 9 nitrogen and oxygen atoms in total. The van der Waals surface area contributed by atoms with Crippen LogP contribution in [0.15, 0.2) is 41.7 Å². The van der Waals surface area contributed by atoms with Gasteiger partial charge in [0, 0.05) is 27.7 Å². The third-order valence-electron chi connectivity index (χ3n) is 7.09. The van der Waals surface area contributed by atoms with Crippen molar-refractivity contribution in [1.29, 1.82) is 0 Å². The highest BCUT2D eigenvalue weighted by Gasteiger charge is 2.33. The zero-order valence-electron chi connectivity index (χ0n) is 20.0. The van der Waals surface area contributed by atoms with E-state index < -0.39 is 11.4 Å². The predicted octanol–water partition coefficient (Wildman–Crippen LogP) is 4.44. The first-order valence-corrected chi connectivity index (χ1v) is 13.0. The smallest absolute Gasteiger partial charge is 0.341 e. The van der Waals surface area contributed by atoms with Crippen LogP contribution in [0.5, 0.6) is 5.75 Å². The lowest BCUT2D eigenvalue weighted by Crippen LogP contribution is -2.30. The summed E-state index contributed by atoms with van der Waals surface area (Å²) in [5.41, 5.74) is 3.01. The van der Waals surface area contributed by atoms with Crippen molar-refractivity contribution in [3.8, 4) is 16.2 Å². The molecule has 3 aromatic heterocycles. The van der Waals surface area contributed by atoms with Gasteiger partial charge in [-0.3, -0.25) is 9.59 Å². The maximum Gasteiger partial charge on any atom is 0.341 e. The Labute approximate surface area is 215 Å². The minimum atomic E-state index is -1.26. The Balaban J connectivity index is 1.47. The SMILES string of the molecule is COc1c(-c2cc3c(s2)CCCC3NC(=O)c2ccncn2)c(C2CC2)cc2c(=O)c(C(=O)O)c[nH]c12. The van der Waals surface area contributed by atoms with Crippen molar-refractivity contribution in [3.63, 3.8) is 0 Å². The molecule has 2 aliphatic rings. The number of carbonyl (C=O) groups is 2. The molecule has 1 amide bonds. The van der Waals surface area contributed by atoms with Crippen molar-refractivity contribution in [2.75, 3.05) is 7.11 Å². The number of carboxylic acids is 1. The van der Waals surface area contributed by atoms with E-state index in [0.29, 0.717) is 22.3 Å². The first kappa shape index (κ1) is 23.4. The predicted molar refractivity (Wildman–Crippen MR) is 139 cm³/mol. The van der Waals surface area contributed by atoms with E-state index in [-0.39, 0.29) is 23.4 Å². The number of pyridine rings is 1. The molecule has 37 heavy (non-hydrogen) atoms. The Morgan fingerprint density at radius 2 is 2.05 bits per heavy atom. The van der Waals surface area contributed by atoms with E-state index in [9.17, 15) is 19.5 Å². The molecule has 2 aliphatic carbocycles. The summed E-state index contributed by atoms with van der Waals surface area (Å²) in [7, 11) is 1.57. The Morgan fingerprint density at radius 1 is 1.22 bits per heavy atom. The molecule has 1 unspecified atom stereocenters. The van der Waals surface area contributed by atoms with Crippen LogP contribution in [0.4, 0.5) is 0 Å². The number of nitrogens with one attached hydrogen (secondary N) is 2. The van der Waals surface area contributed by atoms with E-state index in [0.717, 1.165) is 53.7 Å². The van der Waals surface area contributed by atoms with Gasteiger partial charge in [0.2, 0.25) is 5.43 Å². The zero-order valence-corrected chi connectivity index (χ0v) is 20.9. The van der Waals surface area contributed by atoms with E-state index >= 15 is 0 Å². The molecule has 188 valence electrons. The molecule has 10 heteroatoms. The number of hydrogen-bond donors (Lipinski definition) is 3. The number of ether oxygens (including phenoxy) is 1. The van der Waals surface area contributed by atoms with Crippen molar-refractivity contribution in [1.82, 2.24) is 20.3 Å². The number of carboxylic acid groups (broad SMARTS) is 1. The van der Waals surface area contributed by atoms with Crippen LogP contribution in [0.3, 0.4) is 0 Å². The van der Waals surface area contributed by atoms with E-state index in [2.05, 4.69) is 26.3 Å². The number of amides is 1. The number of aromatic nitrogens is 3. The Hall–Kier alpha value is -4.05. The number of fused-ring (bicyclic) bond motifs is 2. The maximum atomic E-state index is 13.0. The highest BCUT2D eigenvalue weighted by atomic mass is 32.1. The number of aromatic amines is 1. The number of rotatable bonds is 6. The van der Waals surface area contributed by atoms with Gasteiger partial charge in [-0.1, -0.05) is 0 Å². The standard InChI is InChI=1S/C27H24N4O5S/c1-36-25-22(14(13-5-6-13)9-16-23(25)29-11-17(24(16)32)27(34)35)21-10-15-18(3-2-4-20(15)37-21)31-26(33)19-7-8-28-12-30-19/h7-13,18H,2-6H2,1H3,(H,29,32)(H,31,33)(H,34,35). The number of hydrogen-bond acceptors (Lipinski definition) is 7. The number of aromatic carboxylic acids is 1. The molecule has 0 bridgehead atoms. The average Bonchev–Trinajstić information content (AvgIpc) is 3.66. The van der Waals surface area contributed by atoms with Crippen LogP contribution in [0.2, 0.25) is 0 Å². The topological polar surface area (TPSA) is 134 Å². The molecule has 0 spiro atoms. The number of benzene rings is 1. The molecule has 1 aromatic carbocycles. The number of methoxy groups -OCH3 is 1. The second-order valence-corrected chi connectivity index (χ2v) is 10.5. The lowest BCUT2D eigenvalue weighted by atomic mass is 9.92. The monoisotopic (exact) mass is 516 g/mol. The molecule has 1 atom stereocenters. The Morgan fingerprint density at radius 3 is 2.76 bits per heavy atom. The summed E-state index contributed by atoms with van der Waals surface area (Å²) >= 11 is 1.68. The van der Waals surface area contributed by atoms with Crippen LogP contribution < -0.4 is 15.5 Å². The highest BCUT2D eigenvalue weighted by molar-refractivity contribution is 7.15. The van der Waals surface area contributed by atoms with Crippen molar-refractivity contribution >= 4 is 34.1 Å². The fourth-order valence-corrected chi connectivity index (χ4v) is 6.50. The molecule has 3 N–H and O–H groups in total. The Bertz CT molecular complexity index is 1610. The number of aryl methyl sites for hydroxylation is 1. The third kappa shape index (κ3) is 4.07. The van der Waals surface area contributed by atoms with Crippen molar-refractivity contribution in [3.05, 3.63) is 74.4 Å². The van der Waals surface area contributed by atoms with E-state index in [4.69, 9.17) is 4.74 Å². The molecule has 1 fully saturated rings. The van der Waals surface area contributed by atoms with Crippen LogP contribution >= 0.6 is 11.3 Å². The van der Waals surface area contributed by atoms with Gasteiger partial charge in [-0.2, -0.15) is 0 Å². The maximum absolute atomic E-state index is 13.0. The number of H-pyrrole nitrogens is 1. The minimum Gasteiger partial charge on any atom is -0.494 e. The fourth-order valence-electron chi connectivity index (χ4n) is 5.17. The van der Waals surface area contributed by atoms with E-state index in [1.54, 1.807) is 30.7 Å². The van der Waals surface area contributed by atoms with Crippen LogP contribution in [0.1, 0.15) is 74.5 Å². The number of carbonyl (C=O) groups excluding carboxylic acids is 1.